The molecule has 2 nitrogen and oxygen atoms in total. The summed E-state index contributed by atoms with van der Waals surface area (Å²) in [7, 11) is 0. The normalized spacial score (nSPS) is 27.8. The number of rotatable bonds is 0. The van der Waals surface area contributed by atoms with Crippen LogP contribution in [0.3, 0.4) is 0 Å². The third kappa shape index (κ3) is 1.46. The molecule has 0 aromatic heterocycles. The van der Waals surface area contributed by atoms with E-state index in [1.54, 1.807) is 0 Å². The summed E-state index contributed by atoms with van der Waals surface area (Å²) in [5.41, 5.74) is 0.0816. The van der Waals surface area contributed by atoms with Gasteiger partial charge in [-0.2, -0.15) is 0 Å². The molecule has 0 unspecified atom stereocenters. The van der Waals surface area contributed by atoms with E-state index in [4.69, 9.17) is 4.74 Å². The van der Waals surface area contributed by atoms with Crippen molar-refractivity contribution < 1.29 is 4.74 Å². The molecule has 0 amide bonds. The number of hydrogen-bond acceptors (Lipinski definition) is 2. The number of morpholine rings is 1. The highest BCUT2D eigenvalue weighted by Crippen LogP contribution is 2.09. The largest absolute Gasteiger partial charge is 0.372 e. The van der Waals surface area contributed by atoms with Crippen LogP contribution in [0.25, 0.3) is 0 Å². The number of nitrogens with one attached hydrogen (secondary N) is 1. The summed E-state index contributed by atoms with van der Waals surface area (Å²) in [5, 5.41) is 3.28. The van der Waals surface area contributed by atoms with Crippen LogP contribution in [-0.2, 0) is 4.74 Å². The zero-order chi connectivity index (χ0) is 6.04. The first kappa shape index (κ1) is 6.05. The Balaban J connectivity index is 2.33. The summed E-state index contributed by atoms with van der Waals surface area (Å²) in [4.78, 5) is 0. The Morgan fingerprint density at radius 3 is 2.62 bits per heavy atom. The molecule has 8 heavy (non-hydrogen) atoms. The third-order valence-corrected chi connectivity index (χ3v) is 1.18. The van der Waals surface area contributed by atoms with E-state index in [9.17, 15) is 0 Å². The molecule has 0 atom stereocenters. The van der Waals surface area contributed by atoms with Crippen molar-refractivity contribution in [2.75, 3.05) is 13.2 Å². The molecular formula is C6H12NO. The first-order chi connectivity index (χ1) is 3.71. The van der Waals surface area contributed by atoms with Gasteiger partial charge < -0.3 is 10.1 Å². The van der Waals surface area contributed by atoms with Crippen molar-refractivity contribution in [3.8, 4) is 0 Å². The Hall–Kier alpha value is -0.0800. The van der Waals surface area contributed by atoms with Crippen LogP contribution in [0.5, 0.6) is 0 Å². The van der Waals surface area contributed by atoms with E-state index in [1.807, 2.05) is 6.61 Å². The van der Waals surface area contributed by atoms with Crippen molar-refractivity contribution in [3.05, 3.63) is 6.61 Å². The molecule has 0 aromatic carbocycles. The first-order valence-corrected chi connectivity index (χ1v) is 2.92. The highest BCUT2D eigenvalue weighted by Gasteiger charge is 2.20. The molecule has 1 aliphatic rings. The zero-order valence-corrected chi connectivity index (χ0v) is 5.40. The van der Waals surface area contributed by atoms with Gasteiger partial charge in [-0.3, -0.25) is 0 Å². The quantitative estimate of drug-likeness (QED) is 0.496. The maximum Gasteiger partial charge on any atom is 0.103 e. The van der Waals surface area contributed by atoms with Gasteiger partial charge in [0.25, 0.3) is 0 Å². The average Bonchev–Trinajstić information content (AvgIpc) is 1.65. The summed E-state index contributed by atoms with van der Waals surface area (Å²) in [6, 6.07) is 0. The van der Waals surface area contributed by atoms with Crippen molar-refractivity contribution >= 4 is 0 Å². The van der Waals surface area contributed by atoms with Gasteiger partial charge in [-0.05, 0) is 13.8 Å². The minimum Gasteiger partial charge on any atom is -0.372 e. The van der Waals surface area contributed by atoms with Gasteiger partial charge in [-0.1, -0.05) is 0 Å². The van der Waals surface area contributed by atoms with Gasteiger partial charge in [-0.25, -0.2) is 0 Å². The van der Waals surface area contributed by atoms with Crippen LogP contribution in [0.1, 0.15) is 13.8 Å². The monoisotopic (exact) mass is 114 g/mol. The summed E-state index contributed by atoms with van der Waals surface area (Å²) >= 11 is 0. The Morgan fingerprint density at radius 1 is 1.62 bits per heavy atom. The molecule has 0 aliphatic carbocycles. The molecule has 0 aromatic rings. The summed E-state index contributed by atoms with van der Waals surface area (Å²) in [6.07, 6.45) is 0. The van der Waals surface area contributed by atoms with Gasteiger partial charge in [0, 0.05) is 12.1 Å². The molecule has 47 valence electrons. The highest BCUT2D eigenvalue weighted by atomic mass is 16.5. The Bertz CT molecular complexity index is 72.6. The van der Waals surface area contributed by atoms with Crippen LogP contribution in [0, 0.1) is 6.61 Å². The van der Waals surface area contributed by atoms with E-state index in [2.05, 4.69) is 19.2 Å². The molecule has 0 bridgehead atoms. The second-order valence-corrected chi connectivity index (χ2v) is 2.64. The minimum atomic E-state index is 0.0816. The SMILES string of the molecule is CC1(C)[CH]OCCN1. The lowest BCUT2D eigenvalue weighted by Crippen LogP contribution is -2.46. The maximum absolute atomic E-state index is 5.10. The molecule has 1 N–H and O–H groups in total. The smallest absolute Gasteiger partial charge is 0.103 e. The third-order valence-electron chi connectivity index (χ3n) is 1.18. The first-order valence-electron chi connectivity index (χ1n) is 2.92. The second kappa shape index (κ2) is 2.03. The molecule has 2 heteroatoms. The fourth-order valence-electron chi connectivity index (χ4n) is 0.741. The van der Waals surface area contributed by atoms with Gasteiger partial charge >= 0.3 is 0 Å². The Morgan fingerprint density at radius 2 is 2.38 bits per heavy atom. The second-order valence-electron chi connectivity index (χ2n) is 2.64. The van der Waals surface area contributed by atoms with Crippen molar-refractivity contribution in [3.63, 3.8) is 0 Å². The molecular weight excluding hydrogens is 102 g/mol. The van der Waals surface area contributed by atoms with E-state index < -0.39 is 0 Å². The van der Waals surface area contributed by atoms with E-state index in [-0.39, 0.29) is 5.54 Å². The predicted molar refractivity (Wildman–Crippen MR) is 32.3 cm³/mol. The van der Waals surface area contributed by atoms with Crippen molar-refractivity contribution in [1.82, 2.24) is 5.32 Å². The molecule has 1 aliphatic heterocycles. The van der Waals surface area contributed by atoms with E-state index in [1.165, 1.54) is 0 Å². The maximum atomic E-state index is 5.10. The summed E-state index contributed by atoms with van der Waals surface area (Å²) in [6.45, 7) is 7.79. The van der Waals surface area contributed by atoms with Crippen LogP contribution in [0.15, 0.2) is 0 Å². The van der Waals surface area contributed by atoms with Crippen LogP contribution in [0.2, 0.25) is 0 Å². The average molecular weight is 114 g/mol. The Kier molecular flexibility index (Phi) is 1.54. The zero-order valence-electron chi connectivity index (χ0n) is 5.40. The summed E-state index contributed by atoms with van der Waals surface area (Å²) < 4.78 is 5.10. The van der Waals surface area contributed by atoms with E-state index in [0.29, 0.717) is 0 Å². The standard InChI is InChI=1S/C6H12NO/c1-6(2)5-8-4-3-7-6/h5,7H,3-4H2,1-2H3. The van der Waals surface area contributed by atoms with Crippen LogP contribution < -0.4 is 5.32 Å². The molecule has 1 radical (unpaired) electrons. The van der Waals surface area contributed by atoms with Crippen molar-refractivity contribution in [1.29, 1.82) is 0 Å². The molecule has 0 spiro atoms. The summed E-state index contributed by atoms with van der Waals surface area (Å²) in [5.74, 6) is 0. The molecule has 1 saturated heterocycles. The van der Waals surface area contributed by atoms with Gasteiger partial charge in [-0.15, -0.1) is 0 Å². The highest BCUT2D eigenvalue weighted by molar-refractivity contribution is 4.88. The Labute approximate surface area is 50.2 Å². The lowest BCUT2D eigenvalue weighted by atomic mass is 10.1. The van der Waals surface area contributed by atoms with Gasteiger partial charge in [0.2, 0.25) is 0 Å². The molecule has 0 saturated carbocycles. The topological polar surface area (TPSA) is 21.3 Å². The van der Waals surface area contributed by atoms with Crippen LogP contribution >= 0.6 is 0 Å². The van der Waals surface area contributed by atoms with Crippen LogP contribution in [-0.4, -0.2) is 18.7 Å². The van der Waals surface area contributed by atoms with Crippen LogP contribution in [0.4, 0.5) is 0 Å². The fourth-order valence-corrected chi connectivity index (χ4v) is 0.741. The number of hydrogen-bond donors (Lipinski definition) is 1. The molecule has 1 rings (SSSR count). The van der Waals surface area contributed by atoms with Crippen molar-refractivity contribution in [2.24, 2.45) is 0 Å². The predicted octanol–water partition coefficient (Wildman–Crippen LogP) is 0.547. The molecule has 1 fully saturated rings. The lowest BCUT2D eigenvalue weighted by Gasteiger charge is -2.29. The van der Waals surface area contributed by atoms with Gasteiger partial charge in [0.15, 0.2) is 0 Å². The van der Waals surface area contributed by atoms with Gasteiger partial charge in [0.05, 0.1) is 6.61 Å². The minimum absolute atomic E-state index is 0.0816. The van der Waals surface area contributed by atoms with Crippen molar-refractivity contribution in [2.45, 2.75) is 19.4 Å². The molecule has 1 heterocycles. The van der Waals surface area contributed by atoms with Gasteiger partial charge in [0.1, 0.15) is 6.61 Å². The fraction of sp³-hybridized carbons (Fsp3) is 0.833. The van der Waals surface area contributed by atoms with E-state index >= 15 is 0 Å². The van der Waals surface area contributed by atoms with E-state index in [0.717, 1.165) is 13.2 Å². The number of ether oxygens (including phenoxy) is 1. The lowest BCUT2D eigenvalue weighted by molar-refractivity contribution is 0.105.